The molecule has 1 fully saturated rings. The first-order valence-electron chi connectivity index (χ1n) is 4.98. The fourth-order valence-corrected chi connectivity index (χ4v) is 3.05. The monoisotopic (exact) mass is 288 g/mol. The van der Waals surface area contributed by atoms with Crippen LogP contribution in [0.5, 0.6) is 0 Å². The fraction of sp³-hybridized carbons (Fsp3) is 0.500. The maximum atomic E-state index is 11.6. The normalized spacial score (nSPS) is 20.5. The van der Waals surface area contributed by atoms with Gasteiger partial charge in [-0.1, -0.05) is 0 Å². The van der Waals surface area contributed by atoms with Crippen molar-refractivity contribution < 1.29 is 4.79 Å². The SMILES string of the molecule is O=C(CC1CCNC1)Nc1cc(Br)cs1. The Labute approximate surface area is 101 Å². The van der Waals surface area contributed by atoms with Crippen LogP contribution in [0.15, 0.2) is 15.9 Å². The molecule has 15 heavy (non-hydrogen) atoms. The van der Waals surface area contributed by atoms with Gasteiger partial charge in [0.1, 0.15) is 0 Å². The van der Waals surface area contributed by atoms with Crippen LogP contribution in [0.3, 0.4) is 0 Å². The first-order valence-corrected chi connectivity index (χ1v) is 6.66. The van der Waals surface area contributed by atoms with Crippen molar-refractivity contribution in [3.05, 3.63) is 15.9 Å². The highest BCUT2D eigenvalue weighted by Gasteiger charge is 2.18. The Hall–Kier alpha value is -0.390. The number of anilines is 1. The molecule has 0 radical (unpaired) electrons. The zero-order valence-electron chi connectivity index (χ0n) is 8.25. The maximum Gasteiger partial charge on any atom is 0.225 e. The van der Waals surface area contributed by atoms with Gasteiger partial charge in [0, 0.05) is 16.3 Å². The van der Waals surface area contributed by atoms with E-state index in [1.54, 1.807) is 11.3 Å². The Morgan fingerprint density at radius 1 is 1.73 bits per heavy atom. The van der Waals surface area contributed by atoms with Gasteiger partial charge in [0.25, 0.3) is 0 Å². The number of amides is 1. The molecule has 1 unspecified atom stereocenters. The van der Waals surface area contributed by atoms with Crippen molar-refractivity contribution in [3.63, 3.8) is 0 Å². The van der Waals surface area contributed by atoms with E-state index in [2.05, 4.69) is 26.6 Å². The second kappa shape index (κ2) is 5.09. The molecule has 1 saturated heterocycles. The Balaban J connectivity index is 1.81. The van der Waals surface area contributed by atoms with E-state index in [9.17, 15) is 4.79 Å². The lowest BCUT2D eigenvalue weighted by atomic mass is 10.1. The Bertz CT molecular complexity index is 347. The molecule has 1 aliphatic heterocycles. The van der Waals surface area contributed by atoms with E-state index in [4.69, 9.17) is 0 Å². The van der Waals surface area contributed by atoms with Crippen LogP contribution in [-0.2, 0) is 4.79 Å². The van der Waals surface area contributed by atoms with Crippen LogP contribution in [0.4, 0.5) is 5.00 Å². The van der Waals surface area contributed by atoms with Crippen LogP contribution in [0.2, 0.25) is 0 Å². The van der Waals surface area contributed by atoms with Gasteiger partial charge < -0.3 is 10.6 Å². The van der Waals surface area contributed by atoms with Crippen molar-refractivity contribution in [2.24, 2.45) is 5.92 Å². The van der Waals surface area contributed by atoms with Crippen molar-refractivity contribution in [1.82, 2.24) is 5.32 Å². The van der Waals surface area contributed by atoms with E-state index in [1.807, 2.05) is 11.4 Å². The first kappa shape index (κ1) is 11.1. The molecular weight excluding hydrogens is 276 g/mol. The smallest absolute Gasteiger partial charge is 0.225 e. The molecular formula is C10H13BrN2OS. The van der Waals surface area contributed by atoms with Gasteiger partial charge in [-0.25, -0.2) is 0 Å². The topological polar surface area (TPSA) is 41.1 Å². The summed E-state index contributed by atoms with van der Waals surface area (Å²) >= 11 is 4.90. The predicted molar refractivity (Wildman–Crippen MR) is 66.2 cm³/mol. The van der Waals surface area contributed by atoms with Crippen molar-refractivity contribution in [2.75, 3.05) is 18.4 Å². The Kier molecular flexibility index (Phi) is 3.77. The summed E-state index contributed by atoms with van der Waals surface area (Å²) in [6, 6.07) is 1.93. The average molecular weight is 289 g/mol. The minimum absolute atomic E-state index is 0.123. The summed E-state index contributed by atoms with van der Waals surface area (Å²) in [7, 11) is 0. The second-order valence-electron chi connectivity index (χ2n) is 3.74. The number of hydrogen-bond acceptors (Lipinski definition) is 3. The molecule has 2 heterocycles. The lowest BCUT2D eigenvalue weighted by molar-refractivity contribution is -0.116. The summed E-state index contributed by atoms with van der Waals surface area (Å²) < 4.78 is 1.02. The highest BCUT2D eigenvalue weighted by Crippen LogP contribution is 2.25. The Morgan fingerprint density at radius 2 is 2.60 bits per heavy atom. The first-order chi connectivity index (χ1) is 7.24. The molecule has 1 aromatic heterocycles. The number of carbonyl (C=O) groups is 1. The number of rotatable bonds is 3. The molecule has 0 aliphatic carbocycles. The largest absolute Gasteiger partial charge is 0.318 e. The minimum atomic E-state index is 0.123. The minimum Gasteiger partial charge on any atom is -0.318 e. The number of halogens is 1. The zero-order chi connectivity index (χ0) is 10.7. The maximum absolute atomic E-state index is 11.6. The van der Waals surface area contributed by atoms with Crippen LogP contribution in [0.1, 0.15) is 12.8 Å². The quantitative estimate of drug-likeness (QED) is 0.897. The molecule has 3 nitrogen and oxygen atoms in total. The number of hydrogen-bond donors (Lipinski definition) is 2. The van der Waals surface area contributed by atoms with Gasteiger partial charge in [0.2, 0.25) is 5.91 Å². The predicted octanol–water partition coefficient (Wildman–Crippen LogP) is 2.45. The van der Waals surface area contributed by atoms with Gasteiger partial charge >= 0.3 is 0 Å². The zero-order valence-corrected chi connectivity index (χ0v) is 10.7. The van der Waals surface area contributed by atoms with Gasteiger partial charge in [0.15, 0.2) is 0 Å². The van der Waals surface area contributed by atoms with E-state index in [-0.39, 0.29) is 5.91 Å². The molecule has 1 aliphatic rings. The van der Waals surface area contributed by atoms with Crippen molar-refractivity contribution in [2.45, 2.75) is 12.8 Å². The lowest BCUT2D eigenvalue weighted by Gasteiger charge is -2.07. The van der Waals surface area contributed by atoms with Crippen molar-refractivity contribution in [1.29, 1.82) is 0 Å². The standard InChI is InChI=1S/C10H13BrN2OS/c11-8-4-10(15-6-8)13-9(14)3-7-1-2-12-5-7/h4,6-7,12H,1-3,5H2,(H,13,14). The molecule has 2 rings (SSSR count). The molecule has 1 aromatic rings. The van der Waals surface area contributed by atoms with E-state index in [0.717, 1.165) is 29.0 Å². The highest BCUT2D eigenvalue weighted by molar-refractivity contribution is 9.10. The third-order valence-electron chi connectivity index (χ3n) is 2.47. The van der Waals surface area contributed by atoms with E-state index in [1.165, 1.54) is 0 Å². The second-order valence-corrected chi connectivity index (χ2v) is 5.57. The van der Waals surface area contributed by atoms with Crippen LogP contribution < -0.4 is 10.6 Å². The van der Waals surface area contributed by atoms with E-state index in [0.29, 0.717) is 12.3 Å². The highest BCUT2D eigenvalue weighted by atomic mass is 79.9. The van der Waals surface area contributed by atoms with Gasteiger partial charge in [-0.3, -0.25) is 4.79 Å². The molecule has 0 aromatic carbocycles. The molecule has 1 amide bonds. The summed E-state index contributed by atoms with van der Waals surface area (Å²) in [6.45, 7) is 2.02. The number of nitrogens with one attached hydrogen (secondary N) is 2. The van der Waals surface area contributed by atoms with Gasteiger partial charge in [-0.2, -0.15) is 0 Å². The fourth-order valence-electron chi connectivity index (χ4n) is 1.72. The van der Waals surface area contributed by atoms with Gasteiger partial charge in [-0.15, -0.1) is 11.3 Å². The van der Waals surface area contributed by atoms with Crippen LogP contribution in [-0.4, -0.2) is 19.0 Å². The van der Waals surface area contributed by atoms with Crippen molar-refractivity contribution in [3.8, 4) is 0 Å². The lowest BCUT2D eigenvalue weighted by Crippen LogP contribution is -2.17. The molecule has 0 bridgehead atoms. The van der Waals surface area contributed by atoms with Crippen LogP contribution in [0.25, 0.3) is 0 Å². The molecule has 5 heteroatoms. The molecule has 82 valence electrons. The molecule has 0 saturated carbocycles. The van der Waals surface area contributed by atoms with E-state index < -0.39 is 0 Å². The molecule has 2 N–H and O–H groups in total. The third-order valence-corrected chi connectivity index (χ3v) is 4.07. The third kappa shape index (κ3) is 3.29. The van der Waals surface area contributed by atoms with E-state index >= 15 is 0 Å². The van der Waals surface area contributed by atoms with Crippen LogP contribution in [0, 0.1) is 5.92 Å². The van der Waals surface area contributed by atoms with Crippen LogP contribution >= 0.6 is 27.3 Å². The van der Waals surface area contributed by atoms with Crippen molar-refractivity contribution >= 4 is 38.2 Å². The summed E-state index contributed by atoms with van der Waals surface area (Å²) in [5, 5.41) is 9.05. The van der Waals surface area contributed by atoms with Gasteiger partial charge in [0.05, 0.1) is 5.00 Å². The Morgan fingerprint density at radius 3 is 3.20 bits per heavy atom. The average Bonchev–Trinajstić information content (AvgIpc) is 2.77. The molecule has 1 atom stereocenters. The number of thiophene rings is 1. The summed E-state index contributed by atoms with van der Waals surface area (Å²) in [5.74, 6) is 0.631. The summed E-state index contributed by atoms with van der Waals surface area (Å²) in [6.07, 6.45) is 1.74. The molecule has 0 spiro atoms. The number of carbonyl (C=O) groups excluding carboxylic acids is 1. The van der Waals surface area contributed by atoms with Gasteiger partial charge in [-0.05, 0) is 47.4 Å². The summed E-state index contributed by atoms with van der Waals surface area (Å²) in [4.78, 5) is 11.6. The summed E-state index contributed by atoms with van der Waals surface area (Å²) in [5.41, 5.74) is 0.